The van der Waals surface area contributed by atoms with Gasteiger partial charge in [0.25, 0.3) is 17.8 Å². The minimum atomic E-state index is 0.520. The van der Waals surface area contributed by atoms with Gasteiger partial charge in [-0.05, 0) is 93.7 Å². The fraction of sp³-hybridized carbons (Fsp3) is 0.500. The quantitative estimate of drug-likeness (QED) is 0.485. The van der Waals surface area contributed by atoms with Crippen LogP contribution < -0.4 is 0 Å². The van der Waals surface area contributed by atoms with Gasteiger partial charge in [0.1, 0.15) is 0 Å². The number of aryl methyl sites for hydroxylation is 6. The van der Waals surface area contributed by atoms with Crippen LogP contribution in [0, 0.1) is 0 Å². The van der Waals surface area contributed by atoms with Crippen LogP contribution in [0.4, 0.5) is 0 Å². The summed E-state index contributed by atoms with van der Waals surface area (Å²) in [7, 11) is 0. The van der Waals surface area contributed by atoms with Gasteiger partial charge in [-0.1, -0.05) is 0 Å². The van der Waals surface area contributed by atoms with Gasteiger partial charge >= 0.3 is 0 Å². The summed E-state index contributed by atoms with van der Waals surface area (Å²) in [4.78, 5) is 14.4. The highest BCUT2D eigenvalue weighted by Crippen LogP contribution is 2.24. The van der Waals surface area contributed by atoms with Crippen molar-refractivity contribution in [1.29, 1.82) is 0 Å². The monoisotopic (exact) mass is 441 g/mol. The van der Waals surface area contributed by atoms with Crippen LogP contribution in [0.1, 0.15) is 72.3 Å². The number of hydrogen-bond acceptors (Lipinski definition) is 6. The van der Waals surface area contributed by atoms with Crippen molar-refractivity contribution in [2.24, 2.45) is 0 Å². The summed E-state index contributed by atoms with van der Waals surface area (Å²) in [6, 6.07) is 0. The van der Waals surface area contributed by atoms with E-state index in [1.165, 1.54) is 55.2 Å². The molecular weight excluding hydrogens is 414 g/mol. The van der Waals surface area contributed by atoms with Crippen molar-refractivity contribution in [3.63, 3.8) is 0 Å². The van der Waals surface area contributed by atoms with E-state index >= 15 is 0 Å². The zero-order valence-corrected chi connectivity index (χ0v) is 18.7. The van der Waals surface area contributed by atoms with Crippen LogP contribution in [0.3, 0.4) is 0 Å². The predicted octanol–water partition coefficient (Wildman–Crippen LogP) is 3.07. The molecule has 0 atom stereocenters. The molecular formula is C24H27N9. The minimum absolute atomic E-state index is 0.520. The van der Waals surface area contributed by atoms with E-state index in [0.29, 0.717) is 17.8 Å². The van der Waals surface area contributed by atoms with Crippen LogP contribution >= 0.6 is 0 Å². The molecule has 3 aliphatic rings. The van der Waals surface area contributed by atoms with Gasteiger partial charge in [0.2, 0.25) is 0 Å². The first kappa shape index (κ1) is 19.1. The van der Waals surface area contributed by atoms with Gasteiger partial charge in [-0.2, -0.15) is 30.2 Å². The molecule has 4 heterocycles. The Labute approximate surface area is 191 Å². The summed E-state index contributed by atoms with van der Waals surface area (Å²) in [6.07, 6.45) is 19.7. The normalized spacial score (nSPS) is 17.5. The molecule has 0 N–H and O–H groups in total. The Kier molecular flexibility index (Phi) is 4.41. The molecule has 0 saturated carbocycles. The van der Waals surface area contributed by atoms with E-state index < -0.39 is 0 Å². The molecule has 7 rings (SSSR count). The molecule has 168 valence electrons. The van der Waals surface area contributed by atoms with Crippen LogP contribution in [0.15, 0.2) is 18.6 Å². The Morgan fingerprint density at radius 2 is 0.727 bits per heavy atom. The maximum absolute atomic E-state index is 4.83. The Bertz CT molecular complexity index is 1100. The summed E-state index contributed by atoms with van der Waals surface area (Å²) in [5, 5.41) is 14.5. The Hall–Kier alpha value is -3.36. The van der Waals surface area contributed by atoms with Gasteiger partial charge in [0.05, 0.1) is 17.1 Å². The van der Waals surface area contributed by atoms with Gasteiger partial charge in [-0.25, -0.2) is 14.0 Å². The molecule has 9 nitrogen and oxygen atoms in total. The van der Waals surface area contributed by atoms with Crippen LogP contribution in [0.2, 0.25) is 0 Å². The van der Waals surface area contributed by atoms with Crippen molar-refractivity contribution < 1.29 is 0 Å². The minimum Gasteiger partial charge on any atom is -0.205 e. The molecule has 4 aromatic heterocycles. The van der Waals surface area contributed by atoms with Crippen molar-refractivity contribution in [2.75, 3.05) is 0 Å². The lowest BCUT2D eigenvalue weighted by Gasteiger charge is -2.07. The molecule has 0 radical (unpaired) electrons. The predicted molar refractivity (Wildman–Crippen MR) is 121 cm³/mol. The molecule has 9 heteroatoms. The molecule has 0 aromatic carbocycles. The summed E-state index contributed by atoms with van der Waals surface area (Å²) in [5.41, 5.74) is 7.38. The maximum atomic E-state index is 4.83. The first-order chi connectivity index (χ1) is 16.3. The van der Waals surface area contributed by atoms with Gasteiger partial charge in [-0.15, -0.1) is 0 Å². The molecule has 0 saturated heterocycles. The SMILES string of the molecule is c1c2c(nn1-c1nc(-n3cc4c(n3)CCCC4)nc(-n3cc4c(n3)CCCC4)n1)CCCC2. The smallest absolute Gasteiger partial charge is 0.205 e. The first-order valence-electron chi connectivity index (χ1n) is 12.3. The molecule has 0 aliphatic heterocycles. The number of rotatable bonds is 3. The Morgan fingerprint density at radius 3 is 1.03 bits per heavy atom. The fourth-order valence-electron chi connectivity index (χ4n) is 5.38. The van der Waals surface area contributed by atoms with Crippen molar-refractivity contribution in [1.82, 2.24) is 44.3 Å². The van der Waals surface area contributed by atoms with E-state index in [-0.39, 0.29) is 0 Å². The van der Waals surface area contributed by atoms with E-state index in [4.69, 9.17) is 30.2 Å². The second-order valence-electron chi connectivity index (χ2n) is 9.49. The van der Waals surface area contributed by atoms with E-state index in [1.807, 2.05) is 14.0 Å². The van der Waals surface area contributed by atoms with Crippen LogP contribution in [0.25, 0.3) is 17.8 Å². The highest BCUT2D eigenvalue weighted by Gasteiger charge is 2.21. The largest absolute Gasteiger partial charge is 0.257 e. The molecule has 0 amide bonds. The first-order valence-corrected chi connectivity index (χ1v) is 12.3. The molecule has 33 heavy (non-hydrogen) atoms. The molecule has 0 unspecified atom stereocenters. The van der Waals surface area contributed by atoms with Gasteiger partial charge in [0.15, 0.2) is 0 Å². The summed E-state index contributed by atoms with van der Waals surface area (Å²) >= 11 is 0. The zero-order chi connectivity index (χ0) is 21.8. The second kappa shape index (κ2) is 7.60. The number of hydrogen-bond donors (Lipinski definition) is 0. The van der Waals surface area contributed by atoms with E-state index in [2.05, 4.69) is 18.6 Å². The molecule has 0 spiro atoms. The highest BCUT2D eigenvalue weighted by molar-refractivity contribution is 5.32. The van der Waals surface area contributed by atoms with E-state index in [9.17, 15) is 0 Å². The number of nitrogens with zero attached hydrogens (tertiary/aromatic N) is 9. The Balaban J connectivity index is 1.37. The topological polar surface area (TPSA) is 92.1 Å². The lowest BCUT2D eigenvalue weighted by molar-refractivity contribution is 0.656. The maximum Gasteiger partial charge on any atom is 0.257 e. The average molecular weight is 442 g/mol. The third-order valence-electron chi connectivity index (χ3n) is 7.18. The van der Waals surface area contributed by atoms with E-state index in [1.54, 1.807) is 0 Å². The third-order valence-corrected chi connectivity index (χ3v) is 7.18. The zero-order valence-electron chi connectivity index (χ0n) is 18.7. The van der Waals surface area contributed by atoms with Gasteiger partial charge in [0, 0.05) is 18.6 Å². The molecule has 0 fully saturated rings. The second-order valence-corrected chi connectivity index (χ2v) is 9.49. The van der Waals surface area contributed by atoms with E-state index in [0.717, 1.165) is 55.6 Å². The average Bonchev–Trinajstić information content (AvgIpc) is 3.59. The summed E-state index contributed by atoms with van der Waals surface area (Å²) in [5.74, 6) is 1.56. The van der Waals surface area contributed by atoms with Gasteiger partial charge < -0.3 is 0 Å². The fourth-order valence-corrected chi connectivity index (χ4v) is 5.38. The van der Waals surface area contributed by atoms with Crippen molar-refractivity contribution in [3.05, 3.63) is 52.4 Å². The van der Waals surface area contributed by atoms with Crippen molar-refractivity contribution >= 4 is 0 Å². The van der Waals surface area contributed by atoms with Crippen LogP contribution in [-0.4, -0.2) is 44.3 Å². The molecule has 4 aromatic rings. The molecule has 3 aliphatic carbocycles. The Morgan fingerprint density at radius 1 is 0.424 bits per heavy atom. The van der Waals surface area contributed by atoms with Gasteiger partial charge in [-0.3, -0.25) is 0 Å². The van der Waals surface area contributed by atoms with Crippen LogP contribution in [-0.2, 0) is 38.5 Å². The number of fused-ring (bicyclic) bond motifs is 3. The lowest BCUT2D eigenvalue weighted by atomic mass is 9.99. The van der Waals surface area contributed by atoms with Crippen LogP contribution in [0.5, 0.6) is 0 Å². The third kappa shape index (κ3) is 3.37. The summed E-state index contributed by atoms with van der Waals surface area (Å²) < 4.78 is 5.45. The highest BCUT2D eigenvalue weighted by atomic mass is 15.5. The number of aromatic nitrogens is 9. The standard InChI is InChI=1S/C24H27N9/c1-4-10-19-16(7-1)13-31(28-19)22-25-23(32-14-17-8-2-5-11-20(17)29-32)27-24(26-22)33-15-18-9-3-6-12-21(18)30-33/h13-15H,1-12H2. The summed E-state index contributed by atoms with van der Waals surface area (Å²) in [6.45, 7) is 0. The molecule has 0 bridgehead atoms. The lowest BCUT2D eigenvalue weighted by Crippen LogP contribution is -2.14. The van der Waals surface area contributed by atoms with Crippen molar-refractivity contribution in [2.45, 2.75) is 77.0 Å². The van der Waals surface area contributed by atoms with Crippen molar-refractivity contribution in [3.8, 4) is 17.8 Å².